The van der Waals surface area contributed by atoms with Crippen molar-refractivity contribution in [2.45, 2.75) is 72.6 Å². The molecule has 6 heteroatoms. The van der Waals surface area contributed by atoms with Gasteiger partial charge in [0.15, 0.2) is 0 Å². The van der Waals surface area contributed by atoms with E-state index >= 15 is 0 Å². The molecule has 180 valence electrons. The van der Waals surface area contributed by atoms with E-state index in [1.807, 2.05) is 6.07 Å². The highest BCUT2D eigenvalue weighted by Gasteiger charge is 2.35. The molecule has 1 aliphatic carbocycles. The lowest BCUT2D eigenvalue weighted by Crippen LogP contribution is -2.44. The lowest BCUT2D eigenvalue weighted by molar-refractivity contribution is -0.118. The van der Waals surface area contributed by atoms with Gasteiger partial charge in [0.1, 0.15) is 11.4 Å². The molecule has 2 aromatic carbocycles. The van der Waals surface area contributed by atoms with E-state index in [1.165, 1.54) is 18.4 Å². The second kappa shape index (κ2) is 10.7. The molecule has 0 saturated heterocycles. The van der Waals surface area contributed by atoms with Gasteiger partial charge < -0.3 is 10.1 Å². The molecule has 0 heterocycles. The minimum Gasteiger partial charge on any atom is -0.488 e. The van der Waals surface area contributed by atoms with E-state index in [2.05, 4.69) is 63.9 Å². The van der Waals surface area contributed by atoms with Gasteiger partial charge in [-0.05, 0) is 87.8 Å². The number of anilines is 1. The number of hydrogen-bond donors (Lipinski definition) is 1. The Morgan fingerprint density at radius 3 is 2.33 bits per heavy atom. The number of benzene rings is 2. The average molecular weight is 492 g/mol. The first-order valence-corrected chi connectivity index (χ1v) is 12.5. The van der Waals surface area contributed by atoms with Crippen LogP contribution in [0.15, 0.2) is 36.4 Å². The largest absolute Gasteiger partial charge is 0.488 e. The van der Waals surface area contributed by atoms with Gasteiger partial charge in [0.2, 0.25) is 5.91 Å². The highest BCUT2D eigenvalue weighted by Crippen LogP contribution is 2.36. The van der Waals surface area contributed by atoms with E-state index in [0.717, 1.165) is 11.3 Å². The number of hydrogen-bond acceptors (Lipinski definition) is 3. The van der Waals surface area contributed by atoms with Gasteiger partial charge in [-0.3, -0.25) is 9.69 Å². The Balaban J connectivity index is 1.79. The lowest BCUT2D eigenvalue weighted by Gasteiger charge is -2.34. The number of amides is 1. The van der Waals surface area contributed by atoms with E-state index in [0.29, 0.717) is 46.7 Å². The quantitative estimate of drug-likeness (QED) is 0.440. The van der Waals surface area contributed by atoms with Crippen LogP contribution in [0, 0.1) is 18.8 Å². The predicted molar refractivity (Wildman–Crippen MR) is 138 cm³/mol. The molecule has 0 spiro atoms. The van der Waals surface area contributed by atoms with Crippen molar-refractivity contribution < 1.29 is 9.53 Å². The maximum absolute atomic E-state index is 13.0. The summed E-state index contributed by atoms with van der Waals surface area (Å²) in [6.07, 6.45) is 2.37. The molecule has 4 nitrogen and oxygen atoms in total. The molecular weight excluding hydrogens is 455 g/mol. The molecule has 2 aromatic rings. The van der Waals surface area contributed by atoms with Crippen LogP contribution in [0.1, 0.15) is 58.6 Å². The standard InChI is InChI=1S/C27H36Cl2N2O2/c1-17-7-8-18(2)26(17)31(16-25(32)30-23-11-10-21(28)14-22(23)29)15-20-9-12-24(19(3)13-20)33-27(4,5)6/h9-14,17-18,26H,7-8,15-16H2,1-6H3,(H,30,32). The number of nitrogens with one attached hydrogen (secondary N) is 1. The monoisotopic (exact) mass is 490 g/mol. The minimum atomic E-state index is -0.242. The number of halogens is 2. The summed E-state index contributed by atoms with van der Waals surface area (Å²) in [6.45, 7) is 13.8. The average Bonchev–Trinajstić information content (AvgIpc) is 3.03. The van der Waals surface area contributed by atoms with E-state index in [9.17, 15) is 4.79 Å². The topological polar surface area (TPSA) is 41.6 Å². The van der Waals surface area contributed by atoms with E-state index in [4.69, 9.17) is 27.9 Å². The van der Waals surface area contributed by atoms with Crippen LogP contribution < -0.4 is 10.1 Å². The van der Waals surface area contributed by atoms with Crippen LogP contribution in [-0.4, -0.2) is 29.0 Å². The summed E-state index contributed by atoms with van der Waals surface area (Å²) in [5, 5.41) is 3.95. The first-order chi connectivity index (χ1) is 15.4. The van der Waals surface area contributed by atoms with Gasteiger partial charge >= 0.3 is 0 Å². The van der Waals surface area contributed by atoms with E-state index < -0.39 is 0 Å². The molecule has 1 N–H and O–H groups in total. The van der Waals surface area contributed by atoms with Crippen molar-refractivity contribution >= 4 is 34.8 Å². The van der Waals surface area contributed by atoms with Crippen molar-refractivity contribution in [3.63, 3.8) is 0 Å². The van der Waals surface area contributed by atoms with Gasteiger partial charge in [-0.15, -0.1) is 0 Å². The maximum atomic E-state index is 13.0. The second-order valence-electron chi connectivity index (χ2n) is 10.4. The molecular formula is C27H36Cl2N2O2. The fourth-order valence-electron chi connectivity index (χ4n) is 4.87. The second-order valence-corrected chi connectivity index (χ2v) is 11.3. The minimum absolute atomic E-state index is 0.0741. The molecule has 2 atom stereocenters. The van der Waals surface area contributed by atoms with Gasteiger partial charge in [0, 0.05) is 17.6 Å². The third kappa shape index (κ3) is 7.11. The zero-order valence-corrected chi connectivity index (χ0v) is 22.1. The number of ether oxygens (including phenoxy) is 1. The molecule has 1 aliphatic rings. The number of carbonyl (C=O) groups excluding carboxylic acids is 1. The zero-order valence-electron chi connectivity index (χ0n) is 20.5. The van der Waals surface area contributed by atoms with Gasteiger partial charge in [0.25, 0.3) is 0 Å². The Hall–Kier alpha value is -1.75. The summed E-state index contributed by atoms with van der Waals surface area (Å²) in [6, 6.07) is 11.8. The SMILES string of the molecule is Cc1cc(CN(CC(=O)Nc2ccc(Cl)cc2Cl)C2C(C)CCC2C)ccc1OC(C)(C)C. The molecule has 33 heavy (non-hydrogen) atoms. The first kappa shape index (κ1) is 25.9. The van der Waals surface area contributed by atoms with Crippen LogP contribution in [0.2, 0.25) is 10.0 Å². The fraction of sp³-hybridized carbons (Fsp3) is 0.519. The van der Waals surface area contributed by atoms with Crippen LogP contribution in [-0.2, 0) is 11.3 Å². The Kier molecular flexibility index (Phi) is 8.36. The third-order valence-electron chi connectivity index (χ3n) is 6.26. The summed E-state index contributed by atoms with van der Waals surface area (Å²) in [7, 11) is 0. The Morgan fingerprint density at radius 2 is 1.76 bits per heavy atom. The molecule has 0 radical (unpaired) electrons. The highest BCUT2D eigenvalue weighted by molar-refractivity contribution is 6.36. The molecule has 0 bridgehead atoms. The summed E-state index contributed by atoms with van der Waals surface area (Å²) < 4.78 is 6.08. The van der Waals surface area contributed by atoms with Crippen molar-refractivity contribution in [2.75, 3.05) is 11.9 Å². The van der Waals surface area contributed by atoms with Gasteiger partial charge in [-0.2, -0.15) is 0 Å². The van der Waals surface area contributed by atoms with Crippen LogP contribution >= 0.6 is 23.2 Å². The molecule has 1 fully saturated rings. The lowest BCUT2D eigenvalue weighted by atomic mass is 9.97. The summed E-state index contributed by atoms with van der Waals surface area (Å²) in [5.41, 5.74) is 2.62. The summed E-state index contributed by atoms with van der Waals surface area (Å²) >= 11 is 12.3. The summed E-state index contributed by atoms with van der Waals surface area (Å²) in [4.78, 5) is 15.4. The highest BCUT2D eigenvalue weighted by atomic mass is 35.5. The molecule has 1 saturated carbocycles. The van der Waals surface area contributed by atoms with Gasteiger partial charge in [0.05, 0.1) is 17.3 Å². The zero-order chi connectivity index (χ0) is 24.3. The van der Waals surface area contributed by atoms with Crippen LogP contribution in [0.4, 0.5) is 5.69 Å². The Labute approximate surface area is 208 Å². The van der Waals surface area contributed by atoms with Gasteiger partial charge in [-0.25, -0.2) is 0 Å². The predicted octanol–water partition coefficient (Wildman–Crippen LogP) is 7.35. The van der Waals surface area contributed by atoms with Gasteiger partial charge in [-0.1, -0.05) is 49.2 Å². The number of carbonyl (C=O) groups is 1. The van der Waals surface area contributed by atoms with Crippen LogP contribution in [0.3, 0.4) is 0 Å². The van der Waals surface area contributed by atoms with Crippen molar-refractivity contribution in [1.29, 1.82) is 0 Å². The van der Waals surface area contributed by atoms with Crippen molar-refractivity contribution in [3.8, 4) is 5.75 Å². The smallest absolute Gasteiger partial charge is 0.238 e. The van der Waals surface area contributed by atoms with Crippen molar-refractivity contribution in [2.24, 2.45) is 11.8 Å². The number of rotatable bonds is 7. The number of nitrogens with zero attached hydrogens (tertiary/aromatic N) is 1. The fourth-order valence-corrected chi connectivity index (χ4v) is 5.32. The molecule has 0 aromatic heterocycles. The Morgan fingerprint density at radius 1 is 1.09 bits per heavy atom. The van der Waals surface area contributed by atoms with E-state index in [1.54, 1.807) is 18.2 Å². The van der Waals surface area contributed by atoms with Crippen LogP contribution in [0.25, 0.3) is 0 Å². The number of aryl methyl sites for hydroxylation is 1. The molecule has 1 amide bonds. The maximum Gasteiger partial charge on any atom is 0.238 e. The third-order valence-corrected chi connectivity index (χ3v) is 6.81. The normalized spacial score (nSPS) is 20.8. The molecule has 0 aliphatic heterocycles. The molecule has 3 rings (SSSR count). The first-order valence-electron chi connectivity index (χ1n) is 11.7. The molecule has 2 unspecified atom stereocenters. The summed E-state index contributed by atoms with van der Waals surface area (Å²) in [5.74, 6) is 1.90. The van der Waals surface area contributed by atoms with Crippen molar-refractivity contribution in [3.05, 3.63) is 57.6 Å². The van der Waals surface area contributed by atoms with Crippen molar-refractivity contribution in [1.82, 2.24) is 4.90 Å². The van der Waals surface area contributed by atoms with Crippen LogP contribution in [0.5, 0.6) is 5.75 Å². The Bertz CT molecular complexity index is 977. The van der Waals surface area contributed by atoms with E-state index in [-0.39, 0.29) is 11.5 Å².